The van der Waals surface area contributed by atoms with Crippen LogP contribution in [0.5, 0.6) is 0 Å². The highest BCUT2D eigenvalue weighted by molar-refractivity contribution is 4.96. The Morgan fingerprint density at radius 3 is 2.75 bits per heavy atom. The fourth-order valence-electron chi connectivity index (χ4n) is 4.62. The van der Waals surface area contributed by atoms with Crippen molar-refractivity contribution in [2.45, 2.75) is 77.0 Å². The molecule has 3 saturated heterocycles. The summed E-state index contributed by atoms with van der Waals surface area (Å²) in [4.78, 5) is 5.64. The van der Waals surface area contributed by atoms with Crippen molar-refractivity contribution in [3.05, 3.63) is 0 Å². The normalized spacial score (nSPS) is 40.2. The lowest BCUT2D eigenvalue weighted by molar-refractivity contribution is 0.0225. The lowest BCUT2D eigenvalue weighted by atomic mass is 9.91. The molecule has 4 atom stereocenters. The Bertz CT molecular complexity index is 317. The average molecular weight is 279 g/mol. The lowest BCUT2D eigenvalue weighted by Crippen LogP contribution is -2.62. The van der Waals surface area contributed by atoms with Crippen molar-refractivity contribution in [1.82, 2.24) is 15.1 Å². The molecular formula is C17H33N3. The van der Waals surface area contributed by atoms with E-state index in [1.54, 1.807) is 0 Å². The molecule has 0 aromatic carbocycles. The number of piperidine rings is 1. The largest absolute Gasteiger partial charge is 0.311 e. The highest BCUT2D eigenvalue weighted by Crippen LogP contribution is 2.31. The molecule has 0 bridgehead atoms. The molecule has 3 aliphatic rings. The first-order valence-corrected chi connectivity index (χ1v) is 8.92. The third-order valence-electron chi connectivity index (χ3n) is 6.03. The van der Waals surface area contributed by atoms with Gasteiger partial charge in [-0.15, -0.1) is 0 Å². The summed E-state index contributed by atoms with van der Waals surface area (Å²) in [6.45, 7) is 12.3. The van der Waals surface area contributed by atoms with Crippen molar-refractivity contribution in [2.24, 2.45) is 5.92 Å². The Morgan fingerprint density at radius 1 is 1.15 bits per heavy atom. The van der Waals surface area contributed by atoms with E-state index in [9.17, 15) is 0 Å². The van der Waals surface area contributed by atoms with Gasteiger partial charge in [0.2, 0.25) is 0 Å². The summed E-state index contributed by atoms with van der Waals surface area (Å²) in [5, 5.41) is 3.78. The minimum atomic E-state index is 0.694. The van der Waals surface area contributed by atoms with E-state index < -0.39 is 0 Å². The van der Waals surface area contributed by atoms with Gasteiger partial charge in [-0.3, -0.25) is 4.90 Å². The van der Waals surface area contributed by atoms with Gasteiger partial charge in [-0.25, -0.2) is 0 Å². The quantitative estimate of drug-likeness (QED) is 0.855. The molecule has 3 heterocycles. The second-order valence-electron chi connectivity index (χ2n) is 7.53. The predicted molar refractivity (Wildman–Crippen MR) is 85.0 cm³/mol. The summed E-state index contributed by atoms with van der Waals surface area (Å²) in [5.41, 5.74) is 0. The first kappa shape index (κ1) is 14.8. The molecule has 3 heteroatoms. The Kier molecular flexibility index (Phi) is 4.68. The minimum absolute atomic E-state index is 0.694. The van der Waals surface area contributed by atoms with Crippen LogP contribution in [-0.2, 0) is 0 Å². The van der Waals surface area contributed by atoms with Crippen molar-refractivity contribution in [1.29, 1.82) is 0 Å². The summed E-state index contributed by atoms with van der Waals surface area (Å²) in [6, 6.07) is 3.21. The molecule has 3 fully saturated rings. The first-order valence-electron chi connectivity index (χ1n) is 8.92. The number of nitrogens with one attached hydrogen (secondary N) is 1. The molecule has 0 aromatic heterocycles. The lowest BCUT2D eigenvalue weighted by Gasteiger charge is -2.49. The molecule has 20 heavy (non-hydrogen) atoms. The summed E-state index contributed by atoms with van der Waals surface area (Å²) in [7, 11) is 0. The maximum Gasteiger partial charge on any atom is 0.0221 e. The van der Waals surface area contributed by atoms with Crippen molar-refractivity contribution in [3.8, 4) is 0 Å². The van der Waals surface area contributed by atoms with Gasteiger partial charge in [0.15, 0.2) is 0 Å². The third-order valence-corrected chi connectivity index (χ3v) is 6.03. The average Bonchev–Trinajstić information content (AvgIpc) is 2.93. The predicted octanol–water partition coefficient (Wildman–Crippen LogP) is 2.32. The number of hydrogen-bond acceptors (Lipinski definition) is 3. The van der Waals surface area contributed by atoms with Gasteiger partial charge in [0.05, 0.1) is 0 Å². The molecule has 3 nitrogen and oxygen atoms in total. The van der Waals surface area contributed by atoms with E-state index in [2.05, 4.69) is 35.9 Å². The Hall–Kier alpha value is -0.120. The van der Waals surface area contributed by atoms with Crippen LogP contribution in [0.1, 0.15) is 52.9 Å². The SMILES string of the molecule is CCC1CNC(C(C)C)CN1C1CCN2CCCC2C1. The first-order chi connectivity index (χ1) is 9.69. The van der Waals surface area contributed by atoms with Crippen LogP contribution < -0.4 is 5.32 Å². The van der Waals surface area contributed by atoms with Gasteiger partial charge in [-0.1, -0.05) is 20.8 Å². The van der Waals surface area contributed by atoms with Gasteiger partial charge in [-0.05, 0) is 51.1 Å². The molecule has 1 N–H and O–H groups in total. The number of fused-ring (bicyclic) bond motifs is 1. The standard InChI is InChI=1S/C17H33N3/c1-4-14-11-18-17(13(2)3)12-20(14)16-7-9-19-8-5-6-15(19)10-16/h13-18H,4-12H2,1-3H3. The zero-order valence-corrected chi connectivity index (χ0v) is 13.6. The van der Waals surface area contributed by atoms with Gasteiger partial charge in [-0.2, -0.15) is 0 Å². The third kappa shape index (κ3) is 2.90. The van der Waals surface area contributed by atoms with Crippen LogP contribution in [0.3, 0.4) is 0 Å². The summed E-state index contributed by atoms with van der Waals surface area (Å²) in [6.07, 6.45) is 7.01. The zero-order valence-electron chi connectivity index (χ0n) is 13.6. The van der Waals surface area contributed by atoms with Gasteiger partial charge in [0.25, 0.3) is 0 Å². The molecule has 3 rings (SSSR count). The molecule has 3 aliphatic heterocycles. The topological polar surface area (TPSA) is 18.5 Å². The van der Waals surface area contributed by atoms with Gasteiger partial charge < -0.3 is 10.2 Å². The molecular weight excluding hydrogens is 246 g/mol. The molecule has 0 aliphatic carbocycles. The van der Waals surface area contributed by atoms with Crippen molar-refractivity contribution >= 4 is 0 Å². The Balaban J connectivity index is 1.65. The summed E-state index contributed by atoms with van der Waals surface area (Å²) in [5.74, 6) is 0.752. The number of rotatable bonds is 3. The summed E-state index contributed by atoms with van der Waals surface area (Å²) < 4.78 is 0. The van der Waals surface area contributed by atoms with Gasteiger partial charge in [0.1, 0.15) is 0 Å². The zero-order chi connectivity index (χ0) is 14.1. The Labute approximate surface area is 125 Å². The molecule has 0 aromatic rings. The fraction of sp³-hybridized carbons (Fsp3) is 1.00. The van der Waals surface area contributed by atoms with Crippen LogP contribution in [0.15, 0.2) is 0 Å². The molecule has 0 saturated carbocycles. The molecule has 4 unspecified atom stereocenters. The molecule has 0 spiro atoms. The van der Waals surface area contributed by atoms with E-state index in [1.165, 1.54) is 58.3 Å². The van der Waals surface area contributed by atoms with Gasteiger partial charge in [0, 0.05) is 37.3 Å². The second kappa shape index (κ2) is 6.33. The molecule has 116 valence electrons. The van der Waals surface area contributed by atoms with Crippen LogP contribution in [-0.4, -0.2) is 60.1 Å². The van der Waals surface area contributed by atoms with Crippen molar-refractivity contribution < 1.29 is 0 Å². The monoisotopic (exact) mass is 279 g/mol. The van der Waals surface area contributed by atoms with E-state index in [4.69, 9.17) is 0 Å². The van der Waals surface area contributed by atoms with E-state index >= 15 is 0 Å². The number of nitrogens with zero attached hydrogens (tertiary/aromatic N) is 2. The van der Waals surface area contributed by atoms with Gasteiger partial charge >= 0.3 is 0 Å². The maximum atomic E-state index is 3.78. The highest BCUT2D eigenvalue weighted by Gasteiger charge is 2.38. The van der Waals surface area contributed by atoms with E-state index in [0.29, 0.717) is 6.04 Å². The van der Waals surface area contributed by atoms with E-state index in [-0.39, 0.29) is 0 Å². The van der Waals surface area contributed by atoms with Crippen LogP contribution >= 0.6 is 0 Å². The van der Waals surface area contributed by atoms with Crippen molar-refractivity contribution in [2.75, 3.05) is 26.2 Å². The van der Waals surface area contributed by atoms with Crippen LogP contribution in [0.25, 0.3) is 0 Å². The Morgan fingerprint density at radius 2 is 2.00 bits per heavy atom. The smallest absolute Gasteiger partial charge is 0.0221 e. The van der Waals surface area contributed by atoms with E-state index in [0.717, 1.165) is 24.0 Å². The van der Waals surface area contributed by atoms with E-state index in [1.807, 2.05) is 0 Å². The van der Waals surface area contributed by atoms with Crippen LogP contribution in [0.4, 0.5) is 0 Å². The maximum absolute atomic E-state index is 3.78. The summed E-state index contributed by atoms with van der Waals surface area (Å²) >= 11 is 0. The number of piperazine rings is 1. The molecule has 0 radical (unpaired) electrons. The van der Waals surface area contributed by atoms with Crippen molar-refractivity contribution in [3.63, 3.8) is 0 Å². The molecule has 0 amide bonds. The highest BCUT2D eigenvalue weighted by atomic mass is 15.3. The number of hydrogen-bond donors (Lipinski definition) is 1. The van der Waals surface area contributed by atoms with Crippen LogP contribution in [0.2, 0.25) is 0 Å². The fourth-order valence-corrected chi connectivity index (χ4v) is 4.62. The van der Waals surface area contributed by atoms with Crippen LogP contribution in [0, 0.1) is 5.92 Å². The second-order valence-corrected chi connectivity index (χ2v) is 7.53. The minimum Gasteiger partial charge on any atom is -0.311 e.